The molecule has 1 aromatic heterocycles. The van der Waals surface area contributed by atoms with Crippen molar-refractivity contribution in [2.24, 2.45) is 0 Å². The summed E-state index contributed by atoms with van der Waals surface area (Å²) < 4.78 is 15.8. The number of thioether (sulfide) groups is 1. The molecule has 0 radical (unpaired) electrons. The lowest BCUT2D eigenvalue weighted by Crippen LogP contribution is -2.23. The minimum Gasteiger partial charge on any atom is -0.323 e. The van der Waals surface area contributed by atoms with Crippen LogP contribution in [-0.2, 0) is 11.3 Å². The zero-order chi connectivity index (χ0) is 17.3. The molecule has 1 aromatic carbocycles. The third-order valence-electron chi connectivity index (χ3n) is 3.84. The van der Waals surface area contributed by atoms with Crippen molar-refractivity contribution >= 4 is 35.0 Å². The van der Waals surface area contributed by atoms with Gasteiger partial charge in [-0.1, -0.05) is 23.4 Å². The molecule has 1 unspecified atom stereocenters. The van der Waals surface area contributed by atoms with Crippen LogP contribution in [0.5, 0.6) is 0 Å². The van der Waals surface area contributed by atoms with E-state index < -0.39 is 11.1 Å². The second-order valence-corrected chi connectivity index (χ2v) is 7.48. The number of carbonyl (C=O) groups is 1. The van der Waals surface area contributed by atoms with Crippen molar-refractivity contribution in [2.75, 3.05) is 5.32 Å². The predicted octanol–water partition coefficient (Wildman–Crippen LogP) is 4.09. The van der Waals surface area contributed by atoms with Gasteiger partial charge in [0.1, 0.15) is 11.6 Å². The number of amides is 1. The normalized spacial score (nSPS) is 15.3. The van der Waals surface area contributed by atoms with Crippen LogP contribution in [0.2, 0.25) is 5.02 Å². The first-order chi connectivity index (χ1) is 11.5. The van der Waals surface area contributed by atoms with E-state index in [9.17, 15) is 9.18 Å². The van der Waals surface area contributed by atoms with Gasteiger partial charge in [-0.15, -0.1) is 10.2 Å². The summed E-state index contributed by atoms with van der Waals surface area (Å²) >= 11 is 7.04. The summed E-state index contributed by atoms with van der Waals surface area (Å²) in [4.78, 5) is 12.3. The summed E-state index contributed by atoms with van der Waals surface area (Å²) in [7, 11) is 0. The highest BCUT2D eigenvalue weighted by Crippen LogP contribution is 2.40. The fourth-order valence-corrected chi connectivity index (χ4v) is 3.44. The number of halogens is 2. The van der Waals surface area contributed by atoms with E-state index in [-0.39, 0.29) is 16.6 Å². The number of carbonyl (C=O) groups excluding carboxylic acids is 1. The van der Waals surface area contributed by atoms with Crippen LogP contribution in [0, 0.1) is 5.82 Å². The summed E-state index contributed by atoms with van der Waals surface area (Å²) in [5.41, 5.74) is 0.118. The fourth-order valence-electron chi connectivity index (χ4n) is 2.36. The molecule has 1 aliphatic rings. The maximum absolute atomic E-state index is 13.8. The van der Waals surface area contributed by atoms with Gasteiger partial charge in [-0.25, -0.2) is 4.39 Å². The molecule has 5 nitrogen and oxygen atoms in total. The van der Waals surface area contributed by atoms with E-state index in [1.54, 1.807) is 6.92 Å². The molecule has 24 heavy (non-hydrogen) atoms. The van der Waals surface area contributed by atoms with Crippen molar-refractivity contribution < 1.29 is 9.18 Å². The van der Waals surface area contributed by atoms with Crippen LogP contribution >= 0.6 is 23.4 Å². The number of benzene rings is 1. The molecule has 2 aromatic rings. The molecule has 1 heterocycles. The maximum Gasteiger partial charge on any atom is 0.237 e. The van der Waals surface area contributed by atoms with E-state index in [2.05, 4.69) is 20.1 Å². The molecular formula is C16H18ClFN4OS. The second kappa shape index (κ2) is 7.11. The van der Waals surface area contributed by atoms with Gasteiger partial charge < -0.3 is 9.88 Å². The Morgan fingerprint density at radius 1 is 1.50 bits per heavy atom. The third-order valence-corrected chi connectivity index (χ3v) is 5.16. The Labute approximate surface area is 149 Å². The summed E-state index contributed by atoms with van der Waals surface area (Å²) in [6.07, 6.45) is 2.30. The van der Waals surface area contributed by atoms with E-state index in [1.807, 2.05) is 6.92 Å². The smallest absolute Gasteiger partial charge is 0.237 e. The van der Waals surface area contributed by atoms with Gasteiger partial charge in [0, 0.05) is 17.5 Å². The Hall–Kier alpha value is -1.60. The third kappa shape index (κ3) is 3.72. The average molecular weight is 369 g/mol. The van der Waals surface area contributed by atoms with Crippen LogP contribution < -0.4 is 5.32 Å². The van der Waals surface area contributed by atoms with Gasteiger partial charge in [0.05, 0.1) is 10.9 Å². The number of hydrogen-bond donors (Lipinski definition) is 1. The van der Waals surface area contributed by atoms with E-state index in [0.29, 0.717) is 5.92 Å². The van der Waals surface area contributed by atoms with Crippen LogP contribution in [0.25, 0.3) is 0 Å². The summed E-state index contributed by atoms with van der Waals surface area (Å²) in [6.45, 7) is 4.56. The van der Waals surface area contributed by atoms with E-state index in [0.717, 1.165) is 30.4 Å². The van der Waals surface area contributed by atoms with Crippen molar-refractivity contribution in [3.05, 3.63) is 34.9 Å². The molecule has 1 saturated carbocycles. The van der Waals surface area contributed by atoms with Crippen molar-refractivity contribution in [1.29, 1.82) is 0 Å². The number of anilines is 1. The van der Waals surface area contributed by atoms with Gasteiger partial charge >= 0.3 is 0 Å². The number of hydrogen-bond acceptors (Lipinski definition) is 4. The molecule has 0 saturated heterocycles. The van der Waals surface area contributed by atoms with Crippen LogP contribution in [0.4, 0.5) is 10.1 Å². The summed E-state index contributed by atoms with van der Waals surface area (Å²) in [5, 5.41) is 11.6. The quantitative estimate of drug-likeness (QED) is 0.780. The standard InChI is InChI=1S/C16H18ClFN4OS/c1-3-22-14(10-4-5-10)20-21-16(22)24-9(2)15(23)19-13-7-6-11(17)8-12(13)18/h6-10H,3-5H2,1-2H3,(H,19,23). The lowest BCUT2D eigenvalue weighted by atomic mass is 10.3. The number of aromatic nitrogens is 3. The Morgan fingerprint density at radius 3 is 2.88 bits per heavy atom. The average Bonchev–Trinajstić information content (AvgIpc) is 3.31. The predicted molar refractivity (Wildman–Crippen MR) is 93.0 cm³/mol. The molecule has 128 valence electrons. The Morgan fingerprint density at radius 2 is 2.25 bits per heavy atom. The molecule has 0 bridgehead atoms. The molecule has 8 heteroatoms. The van der Waals surface area contributed by atoms with Gasteiger partial charge in [-0.05, 0) is 44.9 Å². The van der Waals surface area contributed by atoms with Crippen molar-refractivity contribution in [1.82, 2.24) is 14.8 Å². The molecule has 0 aliphatic heterocycles. The highest BCUT2D eigenvalue weighted by Gasteiger charge is 2.30. The molecule has 3 rings (SSSR count). The molecular weight excluding hydrogens is 351 g/mol. The van der Waals surface area contributed by atoms with Gasteiger partial charge in [0.2, 0.25) is 5.91 Å². The van der Waals surface area contributed by atoms with Crippen LogP contribution in [-0.4, -0.2) is 25.9 Å². The molecule has 0 spiro atoms. The SMILES string of the molecule is CCn1c(SC(C)C(=O)Nc2ccc(Cl)cc2F)nnc1C1CC1. The van der Waals surface area contributed by atoms with Crippen molar-refractivity contribution in [3.63, 3.8) is 0 Å². The number of nitrogens with zero attached hydrogens (tertiary/aromatic N) is 3. The van der Waals surface area contributed by atoms with E-state index in [4.69, 9.17) is 11.6 Å². The fraction of sp³-hybridized carbons (Fsp3) is 0.438. The van der Waals surface area contributed by atoms with Crippen molar-refractivity contribution in [2.45, 2.75) is 49.6 Å². The maximum atomic E-state index is 13.8. The first kappa shape index (κ1) is 17.2. The largest absolute Gasteiger partial charge is 0.323 e. The molecule has 1 atom stereocenters. The zero-order valence-electron chi connectivity index (χ0n) is 13.4. The van der Waals surface area contributed by atoms with Gasteiger partial charge in [0.15, 0.2) is 5.16 Å². The Kier molecular flexibility index (Phi) is 5.10. The topological polar surface area (TPSA) is 59.8 Å². The summed E-state index contributed by atoms with van der Waals surface area (Å²) in [5.74, 6) is 0.649. The number of nitrogens with one attached hydrogen (secondary N) is 1. The Bertz CT molecular complexity index is 763. The molecule has 1 aliphatic carbocycles. The van der Waals surface area contributed by atoms with Crippen LogP contribution in [0.3, 0.4) is 0 Å². The van der Waals surface area contributed by atoms with E-state index >= 15 is 0 Å². The monoisotopic (exact) mass is 368 g/mol. The second-order valence-electron chi connectivity index (χ2n) is 5.73. The zero-order valence-corrected chi connectivity index (χ0v) is 15.0. The molecule has 1 amide bonds. The molecule has 1 fully saturated rings. The Balaban J connectivity index is 1.68. The van der Waals surface area contributed by atoms with Gasteiger partial charge in [0.25, 0.3) is 0 Å². The lowest BCUT2D eigenvalue weighted by Gasteiger charge is -2.13. The summed E-state index contributed by atoms with van der Waals surface area (Å²) in [6, 6.07) is 4.16. The highest BCUT2D eigenvalue weighted by molar-refractivity contribution is 8.00. The first-order valence-corrected chi connectivity index (χ1v) is 9.11. The van der Waals surface area contributed by atoms with Gasteiger partial charge in [-0.3, -0.25) is 4.79 Å². The number of rotatable bonds is 6. The highest BCUT2D eigenvalue weighted by atomic mass is 35.5. The first-order valence-electron chi connectivity index (χ1n) is 7.85. The van der Waals surface area contributed by atoms with Gasteiger partial charge in [-0.2, -0.15) is 0 Å². The van der Waals surface area contributed by atoms with Crippen LogP contribution in [0.15, 0.2) is 23.4 Å². The van der Waals surface area contributed by atoms with E-state index in [1.165, 1.54) is 30.0 Å². The minimum absolute atomic E-state index is 0.118. The minimum atomic E-state index is -0.555. The van der Waals surface area contributed by atoms with Crippen molar-refractivity contribution in [3.8, 4) is 0 Å². The van der Waals surface area contributed by atoms with Crippen LogP contribution in [0.1, 0.15) is 38.4 Å². The lowest BCUT2D eigenvalue weighted by molar-refractivity contribution is -0.115. The molecule has 1 N–H and O–H groups in total.